The molecule has 0 spiro atoms. The van der Waals surface area contributed by atoms with Gasteiger partial charge in [0.25, 0.3) is 0 Å². The molecule has 0 amide bonds. The molecular weight excluding hydrogens is 757 g/mol. The fourth-order valence-corrected chi connectivity index (χ4v) is 8.28. The van der Waals surface area contributed by atoms with Crippen molar-refractivity contribution in [2.45, 2.75) is 310 Å². The third-order valence-corrected chi connectivity index (χ3v) is 13.2. The molecule has 2 unspecified atom stereocenters. The van der Waals surface area contributed by atoms with Gasteiger partial charge in [0.2, 0.25) is 0 Å². The number of carbonyl (C=O) groups is 3. The van der Waals surface area contributed by atoms with E-state index in [1.165, 1.54) is 193 Å². The Morgan fingerprint density at radius 1 is 0.328 bits per heavy atom. The van der Waals surface area contributed by atoms with Crippen molar-refractivity contribution in [1.29, 1.82) is 0 Å². The smallest absolute Gasteiger partial charge is 0.306 e. The Morgan fingerprint density at radius 2 is 0.574 bits per heavy atom. The average Bonchev–Trinajstić information content (AvgIpc) is 3.26. The summed E-state index contributed by atoms with van der Waals surface area (Å²) in [6, 6.07) is 0. The van der Waals surface area contributed by atoms with Crippen LogP contribution >= 0.6 is 0 Å². The summed E-state index contributed by atoms with van der Waals surface area (Å²) < 4.78 is 16.8. The van der Waals surface area contributed by atoms with Gasteiger partial charge in [0.15, 0.2) is 6.10 Å². The molecule has 0 saturated heterocycles. The Labute approximate surface area is 380 Å². The van der Waals surface area contributed by atoms with E-state index in [2.05, 4.69) is 34.6 Å². The molecule has 0 aliphatic heterocycles. The second-order valence-corrected chi connectivity index (χ2v) is 19.4. The maximum absolute atomic E-state index is 12.7. The molecule has 0 heterocycles. The standard InChI is InChI=1S/C55H106O6/c1-6-9-10-11-28-37-42-47-55(58)61-52(49-60-54(57)46-41-36-32-27-23-22-25-30-34-39-44-51(5)8-3)48-59-53(56)45-40-35-31-26-21-19-17-15-13-12-14-16-18-20-24-29-33-38-43-50(4)7-2/h50-52H,6-49H2,1-5H3/t50?,51?,52-/m0/s1. The molecule has 0 aromatic carbocycles. The van der Waals surface area contributed by atoms with Crippen LogP contribution in [0.15, 0.2) is 0 Å². The average molecular weight is 863 g/mol. The minimum atomic E-state index is -0.760. The molecule has 0 aliphatic rings. The van der Waals surface area contributed by atoms with E-state index in [0.717, 1.165) is 69.6 Å². The van der Waals surface area contributed by atoms with Crippen LogP contribution in [-0.4, -0.2) is 37.2 Å². The van der Waals surface area contributed by atoms with Crippen molar-refractivity contribution in [3.05, 3.63) is 0 Å². The molecule has 0 N–H and O–H groups in total. The highest BCUT2D eigenvalue weighted by molar-refractivity contribution is 5.71. The van der Waals surface area contributed by atoms with Crippen LogP contribution in [0.1, 0.15) is 304 Å². The van der Waals surface area contributed by atoms with E-state index in [9.17, 15) is 14.4 Å². The largest absolute Gasteiger partial charge is 0.462 e. The van der Waals surface area contributed by atoms with E-state index in [-0.39, 0.29) is 31.1 Å². The Hall–Kier alpha value is -1.59. The van der Waals surface area contributed by atoms with Crippen molar-refractivity contribution in [1.82, 2.24) is 0 Å². The third kappa shape index (κ3) is 46.2. The zero-order valence-corrected chi connectivity index (χ0v) is 41.8. The Morgan fingerprint density at radius 3 is 0.852 bits per heavy atom. The van der Waals surface area contributed by atoms with Gasteiger partial charge in [-0.05, 0) is 31.1 Å². The summed E-state index contributed by atoms with van der Waals surface area (Å²) in [7, 11) is 0. The van der Waals surface area contributed by atoms with Gasteiger partial charge in [0.05, 0.1) is 0 Å². The van der Waals surface area contributed by atoms with Crippen LogP contribution in [0.5, 0.6) is 0 Å². The highest BCUT2D eigenvalue weighted by Gasteiger charge is 2.19. The number of esters is 3. The lowest BCUT2D eigenvalue weighted by molar-refractivity contribution is -0.167. The molecule has 61 heavy (non-hydrogen) atoms. The molecule has 362 valence electrons. The number of hydrogen-bond donors (Lipinski definition) is 0. The van der Waals surface area contributed by atoms with Gasteiger partial charge in [-0.2, -0.15) is 0 Å². The monoisotopic (exact) mass is 863 g/mol. The fraction of sp³-hybridized carbons (Fsp3) is 0.945. The summed E-state index contributed by atoms with van der Waals surface area (Å²) in [5.74, 6) is 0.927. The van der Waals surface area contributed by atoms with Gasteiger partial charge in [0, 0.05) is 19.3 Å². The second-order valence-electron chi connectivity index (χ2n) is 19.4. The molecular formula is C55H106O6. The van der Waals surface area contributed by atoms with Crippen LogP contribution in [0.25, 0.3) is 0 Å². The molecule has 3 atom stereocenters. The Kier molecular flexibility index (Phi) is 46.6. The van der Waals surface area contributed by atoms with Crippen molar-refractivity contribution >= 4 is 17.9 Å². The molecule has 0 fully saturated rings. The van der Waals surface area contributed by atoms with Gasteiger partial charge in [0.1, 0.15) is 13.2 Å². The maximum Gasteiger partial charge on any atom is 0.306 e. The molecule has 0 radical (unpaired) electrons. The van der Waals surface area contributed by atoms with Crippen molar-refractivity contribution in [2.75, 3.05) is 13.2 Å². The van der Waals surface area contributed by atoms with Crippen LogP contribution in [0.3, 0.4) is 0 Å². The summed E-state index contributed by atoms with van der Waals surface area (Å²) in [6.45, 7) is 11.4. The minimum absolute atomic E-state index is 0.0640. The van der Waals surface area contributed by atoms with Crippen LogP contribution in [-0.2, 0) is 28.6 Å². The quantitative estimate of drug-likeness (QED) is 0.0344. The first-order valence-corrected chi connectivity index (χ1v) is 27.3. The predicted octanol–water partition coefficient (Wildman–Crippen LogP) is 17.7. The van der Waals surface area contributed by atoms with Crippen molar-refractivity contribution in [3.8, 4) is 0 Å². The molecule has 6 heteroatoms. The molecule has 0 aromatic heterocycles. The van der Waals surface area contributed by atoms with Crippen molar-refractivity contribution in [3.63, 3.8) is 0 Å². The normalized spacial score (nSPS) is 12.9. The van der Waals surface area contributed by atoms with Gasteiger partial charge in [-0.3, -0.25) is 14.4 Å². The summed E-state index contributed by atoms with van der Waals surface area (Å²) in [5, 5.41) is 0. The van der Waals surface area contributed by atoms with Gasteiger partial charge >= 0.3 is 17.9 Å². The van der Waals surface area contributed by atoms with E-state index in [1.807, 2.05) is 0 Å². The Balaban J connectivity index is 4.10. The lowest BCUT2D eigenvalue weighted by Gasteiger charge is -2.18. The summed E-state index contributed by atoms with van der Waals surface area (Å²) >= 11 is 0. The summed E-state index contributed by atoms with van der Waals surface area (Å²) in [5.41, 5.74) is 0. The lowest BCUT2D eigenvalue weighted by Crippen LogP contribution is -2.30. The topological polar surface area (TPSA) is 78.9 Å². The number of unbranched alkanes of at least 4 members (excludes halogenated alkanes) is 32. The highest BCUT2D eigenvalue weighted by atomic mass is 16.6. The first-order chi connectivity index (χ1) is 29.8. The van der Waals surface area contributed by atoms with E-state index in [4.69, 9.17) is 14.2 Å². The van der Waals surface area contributed by atoms with Gasteiger partial charge in [-0.25, -0.2) is 0 Å². The molecule has 0 aromatic rings. The molecule has 0 bridgehead atoms. The molecule has 0 rings (SSSR count). The fourth-order valence-electron chi connectivity index (χ4n) is 8.28. The van der Waals surface area contributed by atoms with Crippen LogP contribution in [0.4, 0.5) is 0 Å². The van der Waals surface area contributed by atoms with Gasteiger partial charge < -0.3 is 14.2 Å². The lowest BCUT2D eigenvalue weighted by atomic mass is 9.99. The van der Waals surface area contributed by atoms with Gasteiger partial charge in [-0.15, -0.1) is 0 Å². The van der Waals surface area contributed by atoms with Crippen LogP contribution in [0.2, 0.25) is 0 Å². The molecule has 6 nitrogen and oxygen atoms in total. The minimum Gasteiger partial charge on any atom is -0.462 e. The third-order valence-electron chi connectivity index (χ3n) is 13.2. The van der Waals surface area contributed by atoms with Crippen LogP contribution in [0, 0.1) is 11.8 Å². The molecule has 0 aliphatic carbocycles. The maximum atomic E-state index is 12.7. The van der Waals surface area contributed by atoms with Crippen molar-refractivity contribution < 1.29 is 28.6 Å². The van der Waals surface area contributed by atoms with Crippen LogP contribution < -0.4 is 0 Å². The van der Waals surface area contributed by atoms with Gasteiger partial charge in [-0.1, -0.05) is 266 Å². The number of hydrogen-bond acceptors (Lipinski definition) is 6. The number of carbonyl (C=O) groups excluding carboxylic acids is 3. The SMILES string of the molecule is CCCCCCCCCC(=O)O[C@@H](COC(=O)CCCCCCCCCCCCCCCCCCCCC(C)CC)COC(=O)CCCCCCCCCCCCC(C)CC. The van der Waals surface area contributed by atoms with E-state index < -0.39 is 6.10 Å². The van der Waals surface area contributed by atoms with E-state index >= 15 is 0 Å². The van der Waals surface area contributed by atoms with E-state index in [0.29, 0.717) is 19.3 Å². The second kappa shape index (κ2) is 47.9. The van der Waals surface area contributed by atoms with Crippen molar-refractivity contribution in [2.24, 2.45) is 11.8 Å². The predicted molar refractivity (Wildman–Crippen MR) is 261 cm³/mol. The molecule has 0 saturated carbocycles. The number of ether oxygens (including phenoxy) is 3. The zero-order chi connectivity index (χ0) is 44.7. The highest BCUT2D eigenvalue weighted by Crippen LogP contribution is 2.19. The summed E-state index contributed by atoms with van der Waals surface area (Å²) in [6.07, 6.45) is 49.6. The summed E-state index contributed by atoms with van der Waals surface area (Å²) in [4.78, 5) is 37.8. The van der Waals surface area contributed by atoms with E-state index in [1.54, 1.807) is 0 Å². The number of rotatable bonds is 49. The first kappa shape index (κ1) is 59.4. The zero-order valence-electron chi connectivity index (χ0n) is 41.8. The first-order valence-electron chi connectivity index (χ1n) is 27.3. The Bertz CT molecular complexity index is 935.